The van der Waals surface area contributed by atoms with Crippen molar-refractivity contribution in [3.63, 3.8) is 0 Å². The van der Waals surface area contributed by atoms with Gasteiger partial charge in [0.1, 0.15) is 17.4 Å². The first kappa shape index (κ1) is 35.5. The normalized spacial score (nSPS) is 25.9. The van der Waals surface area contributed by atoms with Gasteiger partial charge in [0.15, 0.2) is 0 Å². The lowest BCUT2D eigenvalue weighted by Gasteiger charge is -2.23. The number of benzene rings is 2. The number of hydrogen-bond acceptors (Lipinski definition) is 8. The van der Waals surface area contributed by atoms with Crippen LogP contribution in [-0.4, -0.2) is 62.3 Å². The number of amides is 3. The largest absolute Gasteiger partial charge is 0.392 e. The maximum atomic E-state index is 13.8. The molecule has 0 spiro atoms. The van der Waals surface area contributed by atoms with Crippen LogP contribution >= 0.6 is 0 Å². The average Bonchev–Trinajstić information content (AvgIpc) is 4.02. The Labute approximate surface area is 294 Å². The second-order valence-corrected chi connectivity index (χ2v) is 15.9. The van der Waals surface area contributed by atoms with Crippen LogP contribution in [0.5, 0.6) is 0 Å². The summed E-state index contributed by atoms with van der Waals surface area (Å²) >= 11 is 0. The van der Waals surface area contributed by atoms with Gasteiger partial charge < -0.3 is 21.2 Å². The van der Waals surface area contributed by atoms with Gasteiger partial charge >= 0.3 is 0 Å². The van der Waals surface area contributed by atoms with Crippen molar-refractivity contribution in [1.82, 2.24) is 15.4 Å². The summed E-state index contributed by atoms with van der Waals surface area (Å²) in [6, 6.07) is 14.3. The van der Waals surface area contributed by atoms with Gasteiger partial charge in [-0.2, -0.15) is 0 Å². The van der Waals surface area contributed by atoms with E-state index in [1.54, 1.807) is 6.08 Å². The Hall–Kier alpha value is -4.29. The Kier molecular flexibility index (Phi) is 10.6. The smallest absolute Gasteiger partial charge is 0.259 e. The van der Waals surface area contributed by atoms with Crippen molar-refractivity contribution in [3.8, 4) is 11.1 Å². The second kappa shape index (κ2) is 14.9. The van der Waals surface area contributed by atoms with Gasteiger partial charge in [0, 0.05) is 24.1 Å². The highest BCUT2D eigenvalue weighted by Gasteiger charge is 2.62. The van der Waals surface area contributed by atoms with Crippen LogP contribution in [0.25, 0.3) is 17.2 Å². The molecule has 5 N–H and O–H groups in total. The van der Waals surface area contributed by atoms with E-state index in [1.807, 2.05) is 18.2 Å². The van der Waals surface area contributed by atoms with Crippen molar-refractivity contribution in [2.45, 2.75) is 81.1 Å². The number of allylic oxidation sites excluding steroid dienone is 1. The van der Waals surface area contributed by atoms with Gasteiger partial charge in [0.25, 0.3) is 5.91 Å². The zero-order valence-corrected chi connectivity index (χ0v) is 29.3. The lowest BCUT2D eigenvalue weighted by molar-refractivity contribution is -0.135. The predicted octanol–water partition coefficient (Wildman–Crippen LogP) is 4.17. The Bertz CT molecular complexity index is 1820. The summed E-state index contributed by atoms with van der Waals surface area (Å²) in [6.07, 6.45) is 12.5. The van der Waals surface area contributed by atoms with Crippen molar-refractivity contribution in [2.24, 2.45) is 28.6 Å². The molecule has 2 aromatic rings. The number of fused-ring (bicyclic) bond motifs is 3. The lowest BCUT2D eigenvalue weighted by Crippen LogP contribution is -2.54. The first-order valence-electron chi connectivity index (χ1n) is 17.7. The molecule has 0 bridgehead atoms. The minimum absolute atomic E-state index is 0.195. The third-order valence-corrected chi connectivity index (χ3v) is 12.2. The highest BCUT2D eigenvalue weighted by Crippen LogP contribution is 2.46. The monoisotopic (exact) mass is 701 g/mol. The maximum Gasteiger partial charge on any atom is 0.259 e. The van der Waals surface area contributed by atoms with E-state index in [0.29, 0.717) is 18.6 Å². The van der Waals surface area contributed by atoms with E-state index < -0.39 is 56.5 Å². The molecule has 6 rings (SSSR count). The summed E-state index contributed by atoms with van der Waals surface area (Å²) in [5, 5.41) is 9.54. The summed E-state index contributed by atoms with van der Waals surface area (Å²) < 4.78 is 27.2. The highest BCUT2D eigenvalue weighted by molar-refractivity contribution is 7.91. The van der Waals surface area contributed by atoms with Gasteiger partial charge in [0.2, 0.25) is 21.8 Å². The molecule has 3 fully saturated rings. The van der Waals surface area contributed by atoms with E-state index in [-0.39, 0.29) is 25.2 Å². The molecule has 0 aromatic heterocycles. The molecule has 4 aliphatic carbocycles. The fraction of sp³-hybridized carbons (Fsp3) is 0.474. The number of carbonyl (C=O) groups excluding carboxylic acids is 3. The summed E-state index contributed by atoms with van der Waals surface area (Å²) in [6.45, 7) is 4.50. The van der Waals surface area contributed by atoms with Crippen molar-refractivity contribution in [1.29, 1.82) is 0 Å². The Morgan fingerprint density at radius 3 is 2.36 bits per heavy atom. The molecule has 3 saturated carbocycles. The predicted molar refractivity (Wildman–Crippen MR) is 193 cm³/mol. The van der Waals surface area contributed by atoms with Crippen LogP contribution in [0.2, 0.25) is 0 Å². The van der Waals surface area contributed by atoms with E-state index in [2.05, 4.69) is 63.5 Å². The Morgan fingerprint density at radius 2 is 1.68 bits per heavy atom. The molecule has 5 atom stereocenters. The molecule has 0 heterocycles. The van der Waals surface area contributed by atoms with E-state index in [0.717, 1.165) is 66.5 Å². The van der Waals surface area contributed by atoms with E-state index in [1.165, 1.54) is 7.05 Å². The molecule has 0 saturated heterocycles. The Balaban J connectivity index is 1.17. The highest BCUT2D eigenvalue weighted by atomic mass is 32.2. The van der Waals surface area contributed by atoms with Crippen LogP contribution in [0.4, 0.5) is 0 Å². The number of sulfonamides is 1. The van der Waals surface area contributed by atoms with Crippen LogP contribution in [-0.2, 0) is 29.2 Å². The van der Waals surface area contributed by atoms with Crippen LogP contribution < -0.4 is 21.1 Å². The lowest BCUT2D eigenvalue weighted by atomic mass is 9.93. The van der Waals surface area contributed by atoms with Crippen molar-refractivity contribution in [3.05, 3.63) is 77.9 Å². The third-order valence-electron chi connectivity index (χ3n) is 10.4. The number of unbranched alkanes of at least 4 members (excludes halogenated alkanes) is 4. The number of carbonyl (C=O) groups is 3. The zero-order valence-electron chi connectivity index (χ0n) is 28.5. The molecule has 12 heteroatoms. The van der Waals surface area contributed by atoms with Crippen LogP contribution in [0.1, 0.15) is 80.9 Å². The molecular formula is C38H47N5O6S. The second-order valence-electron chi connectivity index (χ2n) is 13.9. The fourth-order valence-electron chi connectivity index (χ4n) is 7.24. The molecule has 3 amide bonds. The molecule has 50 heavy (non-hydrogen) atoms. The molecule has 0 aliphatic heterocycles. The SMILES string of the molecule is C=C[C@@H]1C[C@]1(NC(=O)[C@@H]1C[C@@H](O/N=C2\c3ccccc3-c3ccc(/C=C/CCCCCCN)cc32)C[C@H]1C(=O)NC)C(=O)NS(=O)(=O)C1CC1. The number of nitrogens with one attached hydrogen (secondary N) is 3. The standard InChI is InChI=1S/C38H47N5O6S/c1-3-25-23-38(25,37(46)43-50(47,48)27-16-17-27)41-36(45)33-22-26(21-32(33)35(44)40-2)49-42-34-30-14-10-9-13-28(30)29-18-15-24(20-31(29)34)12-8-6-4-5-7-11-19-39/h3,8-10,12-15,18,20,25-27,32-33H,1,4-7,11,16-17,19,21-23,39H2,2H3,(H,40,44)(H,41,45)(H,43,46)/b12-8+,42-34+/t25-,26+,32-,33-,38-/m1/s1. The number of rotatable bonds is 16. The van der Waals surface area contributed by atoms with Crippen LogP contribution in [0.3, 0.4) is 0 Å². The quantitative estimate of drug-likeness (QED) is 0.0988. The summed E-state index contributed by atoms with van der Waals surface area (Å²) in [5.74, 6) is -3.56. The van der Waals surface area contributed by atoms with Gasteiger partial charge in [-0.15, -0.1) is 6.58 Å². The van der Waals surface area contributed by atoms with Crippen LogP contribution in [0.15, 0.2) is 66.4 Å². The molecular weight excluding hydrogens is 655 g/mol. The minimum Gasteiger partial charge on any atom is -0.392 e. The summed E-state index contributed by atoms with van der Waals surface area (Å²) in [4.78, 5) is 46.2. The fourth-order valence-corrected chi connectivity index (χ4v) is 8.61. The van der Waals surface area contributed by atoms with E-state index in [9.17, 15) is 22.8 Å². The number of oxime groups is 1. The minimum atomic E-state index is -3.82. The average molecular weight is 702 g/mol. The molecule has 0 radical (unpaired) electrons. The van der Waals surface area contributed by atoms with Crippen molar-refractivity contribution >= 4 is 39.5 Å². The molecule has 0 unspecified atom stereocenters. The third kappa shape index (κ3) is 7.41. The maximum absolute atomic E-state index is 13.8. The molecule has 11 nitrogen and oxygen atoms in total. The molecule has 4 aliphatic rings. The number of nitrogens with zero attached hydrogens (tertiary/aromatic N) is 1. The summed E-state index contributed by atoms with van der Waals surface area (Å²) in [7, 11) is -2.30. The zero-order chi connectivity index (χ0) is 35.5. The van der Waals surface area contributed by atoms with Gasteiger partial charge in [-0.1, -0.05) is 72.6 Å². The van der Waals surface area contributed by atoms with Crippen molar-refractivity contribution < 1.29 is 27.6 Å². The van der Waals surface area contributed by atoms with Crippen LogP contribution in [0, 0.1) is 17.8 Å². The molecule has 2 aromatic carbocycles. The number of hydrogen-bond donors (Lipinski definition) is 4. The van der Waals surface area contributed by atoms with Gasteiger partial charge in [0.05, 0.1) is 17.1 Å². The Morgan fingerprint density at radius 1 is 0.980 bits per heavy atom. The van der Waals surface area contributed by atoms with Crippen molar-refractivity contribution in [2.75, 3.05) is 13.6 Å². The summed E-state index contributed by atoms with van der Waals surface area (Å²) in [5.41, 5.74) is 9.93. The van der Waals surface area contributed by atoms with Gasteiger partial charge in [-0.05, 0) is 80.7 Å². The van der Waals surface area contributed by atoms with Gasteiger partial charge in [-0.25, -0.2) is 8.42 Å². The van der Waals surface area contributed by atoms with E-state index >= 15 is 0 Å². The number of nitrogens with two attached hydrogens (primary N) is 1. The topological polar surface area (TPSA) is 169 Å². The first-order chi connectivity index (χ1) is 24.1. The van der Waals surface area contributed by atoms with E-state index in [4.69, 9.17) is 10.6 Å². The first-order valence-corrected chi connectivity index (χ1v) is 19.2. The molecule has 266 valence electrons. The van der Waals surface area contributed by atoms with Gasteiger partial charge in [-0.3, -0.25) is 19.1 Å².